The second-order valence-electron chi connectivity index (χ2n) is 5.08. The molecule has 1 aliphatic heterocycles. The summed E-state index contributed by atoms with van der Waals surface area (Å²) in [5.41, 5.74) is 0. The molecular formula is C14H23N3S2. The van der Waals surface area contributed by atoms with Gasteiger partial charge in [0, 0.05) is 36.0 Å². The third-order valence-corrected chi connectivity index (χ3v) is 5.77. The second-order valence-corrected chi connectivity index (χ2v) is 7.46. The summed E-state index contributed by atoms with van der Waals surface area (Å²) in [5.74, 6) is 2.96. The van der Waals surface area contributed by atoms with E-state index in [1.807, 2.05) is 7.05 Å². The molecule has 3 nitrogen and oxygen atoms in total. The Balaban J connectivity index is 1.90. The minimum absolute atomic E-state index is 0.717. The van der Waals surface area contributed by atoms with Gasteiger partial charge in [-0.3, -0.25) is 4.99 Å². The van der Waals surface area contributed by atoms with E-state index >= 15 is 0 Å². The van der Waals surface area contributed by atoms with Gasteiger partial charge in [-0.15, -0.1) is 11.3 Å². The molecule has 2 heterocycles. The molecule has 0 saturated carbocycles. The molecule has 19 heavy (non-hydrogen) atoms. The number of guanidine groups is 1. The maximum atomic E-state index is 4.43. The minimum atomic E-state index is 0.717. The molecule has 0 aliphatic carbocycles. The summed E-state index contributed by atoms with van der Waals surface area (Å²) in [6, 6.07) is 4.25. The lowest BCUT2D eigenvalue weighted by atomic mass is 10.1. The third-order valence-electron chi connectivity index (χ3n) is 3.35. The van der Waals surface area contributed by atoms with E-state index in [1.165, 1.54) is 10.6 Å². The fraction of sp³-hybridized carbons (Fsp3) is 0.643. The van der Waals surface area contributed by atoms with Crippen molar-refractivity contribution in [1.82, 2.24) is 10.2 Å². The van der Waals surface area contributed by atoms with Crippen LogP contribution in [0.15, 0.2) is 22.5 Å². The van der Waals surface area contributed by atoms with Gasteiger partial charge in [0.1, 0.15) is 0 Å². The van der Waals surface area contributed by atoms with Crippen molar-refractivity contribution in [3.63, 3.8) is 0 Å². The molecule has 1 aliphatic rings. The van der Waals surface area contributed by atoms with Gasteiger partial charge in [-0.05, 0) is 17.4 Å². The lowest BCUT2D eigenvalue weighted by Gasteiger charge is -2.36. The summed E-state index contributed by atoms with van der Waals surface area (Å²) >= 11 is 3.88. The average Bonchev–Trinajstić information content (AvgIpc) is 2.93. The van der Waals surface area contributed by atoms with E-state index < -0.39 is 0 Å². The molecule has 1 unspecified atom stereocenters. The zero-order chi connectivity index (χ0) is 13.7. The molecule has 0 amide bonds. The summed E-state index contributed by atoms with van der Waals surface area (Å²) in [6.45, 7) is 7.69. The lowest BCUT2D eigenvalue weighted by Crippen LogP contribution is -2.48. The normalized spacial score (nSPS) is 20.9. The SMILES string of the molecule is CN=C(NCc1cccs1)N1CCSC(C(C)C)C1. The molecule has 0 bridgehead atoms. The van der Waals surface area contributed by atoms with Crippen LogP contribution >= 0.6 is 23.1 Å². The van der Waals surface area contributed by atoms with Crippen LogP contribution in [0.1, 0.15) is 18.7 Å². The average molecular weight is 297 g/mol. The second kappa shape index (κ2) is 7.20. The van der Waals surface area contributed by atoms with E-state index in [9.17, 15) is 0 Å². The van der Waals surface area contributed by atoms with Gasteiger partial charge in [0.05, 0.1) is 6.54 Å². The number of thioether (sulfide) groups is 1. The predicted molar refractivity (Wildman–Crippen MR) is 87.2 cm³/mol. The third kappa shape index (κ3) is 4.14. The Morgan fingerprint density at radius 2 is 2.42 bits per heavy atom. The number of thiophene rings is 1. The van der Waals surface area contributed by atoms with E-state index in [0.717, 1.165) is 31.5 Å². The monoisotopic (exact) mass is 297 g/mol. The highest BCUT2D eigenvalue weighted by molar-refractivity contribution is 8.00. The molecule has 0 radical (unpaired) electrons. The number of nitrogens with one attached hydrogen (secondary N) is 1. The van der Waals surface area contributed by atoms with Crippen LogP contribution in [0, 0.1) is 5.92 Å². The van der Waals surface area contributed by atoms with E-state index in [1.54, 1.807) is 11.3 Å². The first-order valence-electron chi connectivity index (χ1n) is 6.80. The molecule has 1 N–H and O–H groups in total. The maximum Gasteiger partial charge on any atom is 0.194 e. The van der Waals surface area contributed by atoms with Crippen molar-refractivity contribution < 1.29 is 0 Å². The standard InChI is InChI=1S/C14H23N3S2/c1-11(2)13-10-17(6-8-19-13)14(15-3)16-9-12-5-4-7-18-12/h4-5,7,11,13H,6,8-10H2,1-3H3,(H,15,16). The highest BCUT2D eigenvalue weighted by atomic mass is 32.2. The Morgan fingerprint density at radius 1 is 1.58 bits per heavy atom. The zero-order valence-electron chi connectivity index (χ0n) is 11.9. The van der Waals surface area contributed by atoms with Gasteiger partial charge in [-0.1, -0.05) is 19.9 Å². The molecule has 0 spiro atoms. The number of aliphatic imine (C=N–C) groups is 1. The van der Waals surface area contributed by atoms with Crippen molar-refractivity contribution in [2.75, 3.05) is 25.9 Å². The maximum absolute atomic E-state index is 4.43. The van der Waals surface area contributed by atoms with E-state index in [0.29, 0.717) is 5.25 Å². The summed E-state index contributed by atoms with van der Waals surface area (Å²) in [4.78, 5) is 8.18. The van der Waals surface area contributed by atoms with Crippen LogP contribution in [0.2, 0.25) is 0 Å². The van der Waals surface area contributed by atoms with Gasteiger partial charge in [-0.2, -0.15) is 11.8 Å². The van der Waals surface area contributed by atoms with Crippen LogP contribution in [0.3, 0.4) is 0 Å². The largest absolute Gasteiger partial charge is 0.351 e. The van der Waals surface area contributed by atoms with E-state index in [4.69, 9.17) is 0 Å². The molecule has 0 aromatic carbocycles. The van der Waals surface area contributed by atoms with Crippen molar-refractivity contribution in [2.45, 2.75) is 25.6 Å². The molecule has 5 heteroatoms. The van der Waals surface area contributed by atoms with E-state index in [2.05, 4.69) is 58.3 Å². The Hall–Kier alpha value is -0.680. The van der Waals surface area contributed by atoms with Gasteiger partial charge in [0.25, 0.3) is 0 Å². The van der Waals surface area contributed by atoms with Crippen LogP contribution in [0.4, 0.5) is 0 Å². The summed E-state index contributed by atoms with van der Waals surface area (Å²) in [7, 11) is 1.88. The minimum Gasteiger partial charge on any atom is -0.351 e. The molecule has 1 aromatic heterocycles. The summed E-state index contributed by atoms with van der Waals surface area (Å²) in [5, 5.41) is 6.31. The summed E-state index contributed by atoms with van der Waals surface area (Å²) in [6.07, 6.45) is 0. The molecule has 1 fully saturated rings. The number of rotatable bonds is 3. The van der Waals surface area contributed by atoms with Crippen LogP contribution in [-0.2, 0) is 6.54 Å². The van der Waals surface area contributed by atoms with Crippen molar-refractivity contribution >= 4 is 29.1 Å². The molecule has 106 valence electrons. The Bertz CT molecular complexity index is 401. The van der Waals surface area contributed by atoms with Crippen LogP contribution in [0.5, 0.6) is 0 Å². The quantitative estimate of drug-likeness (QED) is 0.687. The van der Waals surface area contributed by atoms with E-state index in [-0.39, 0.29) is 0 Å². The van der Waals surface area contributed by atoms with Crippen molar-refractivity contribution in [2.24, 2.45) is 10.9 Å². The van der Waals surface area contributed by atoms with Crippen LogP contribution in [0.25, 0.3) is 0 Å². The van der Waals surface area contributed by atoms with Crippen molar-refractivity contribution in [3.05, 3.63) is 22.4 Å². The fourth-order valence-corrected chi connectivity index (χ4v) is 4.13. The molecular weight excluding hydrogens is 274 g/mol. The first-order chi connectivity index (χ1) is 9.20. The molecule has 1 aromatic rings. The first kappa shape index (κ1) is 14.7. The van der Waals surface area contributed by atoms with Gasteiger partial charge in [0.2, 0.25) is 0 Å². The molecule has 2 rings (SSSR count). The topological polar surface area (TPSA) is 27.6 Å². The van der Waals surface area contributed by atoms with Crippen molar-refractivity contribution in [1.29, 1.82) is 0 Å². The number of hydrogen-bond donors (Lipinski definition) is 1. The lowest BCUT2D eigenvalue weighted by molar-refractivity contribution is 0.381. The molecule has 1 atom stereocenters. The number of hydrogen-bond acceptors (Lipinski definition) is 3. The van der Waals surface area contributed by atoms with Crippen LogP contribution < -0.4 is 5.32 Å². The Kier molecular flexibility index (Phi) is 5.58. The Labute approximate surface area is 124 Å². The first-order valence-corrected chi connectivity index (χ1v) is 8.73. The smallest absolute Gasteiger partial charge is 0.194 e. The summed E-state index contributed by atoms with van der Waals surface area (Å²) < 4.78 is 0. The van der Waals surface area contributed by atoms with Crippen molar-refractivity contribution in [3.8, 4) is 0 Å². The predicted octanol–water partition coefficient (Wildman–Crippen LogP) is 2.90. The van der Waals surface area contributed by atoms with Gasteiger partial charge in [0.15, 0.2) is 5.96 Å². The fourth-order valence-electron chi connectivity index (χ4n) is 2.18. The zero-order valence-corrected chi connectivity index (χ0v) is 13.6. The van der Waals surface area contributed by atoms with Gasteiger partial charge < -0.3 is 10.2 Å². The van der Waals surface area contributed by atoms with Crippen LogP contribution in [-0.4, -0.2) is 42.0 Å². The molecule has 1 saturated heterocycles. The number of nitrogens with zero attached hydrogens (tertiary/aromatic N) is 2. The van der Waals surface area contributed by atoms with Gasteiger partial charge in [-0.25, -0.2) is 0 Å². The highest BCUT2D eigenvalue weighted by Crippen LogP contribution is 2.24. The van der Waals surface area contributed by atoms with Gasteiger partial charge >= 0.3 is 0 Å². The Morgan fingerprint density at radius 3 is 3.05 bits per heavy atom. The highest BCUT2D eigenvalue weighted by Gasteiger charge is 2.24.